The lowest BCUT2D eigenvalue weighted by Gasteiger charge is -2.18. The van der Waals surface area contributed by atoms with Crippen molar-refractivity contribution in [1.29, 1.82) is 0 Å². The zero-order chi connectivity index (χ0) is 7.40. The summed E-state index contributed by atoms with van der Waals surface area (Å²) in [5.41, 5.74) is 0. The van der Waals surface area contributed by atoms with Crippen LogP contribution in [-0.2, 0) is 0 Å². The van der Waals surface area contributed by atoms with Crippen LogP contribution >= 0.6 is 0 Å². The third-order valence-corrected chi connectivity index (χ3v) is 2.79. The molecule has 0 saturated heterocycles. The Morgan fingerprint density at radius 2 is 1.00 bits per heavy atom. The van der Waals surface area contributed by atoms with Crippen LogP contribution in [0.2, 0.25) is 0 Å². The monoisotopic (exact) mass is 140 g/mol. The minimum Gasteiger partial charge on any atom is -0.0625 e. The van der Waals surface area contributed by atoms with Gasteiger partial charge in [0.25, 0.3) is 0 Å². The zero-order valence-electron chi connectivity index (χ0n) is 7.40. The fourth-order valence-electron chi connectivity index (χ4n) is 1.92. The maximum Gasteiger partial charge on any atom is -0.0443 e. The highest BCUT2D eigenvalue weighted by Crippen LogP contribution is 2.24. The van der Waals surface area contributed by atoms with E-state index in [0.717, 1.165) is 11.8 Å². The van der Waals surface area contributed by atoms with Gasteiger partial charge in [0.2, 0.25) is 0 Å². The summed E-state index contributed by atoms with van der Waals surface area (Å²) in [7, 11) is 0. The molecule has 0 radical (unpaired) electrons. The van der Waals surface area contributed by atoms with Crippen LogP contribution in [0.25, 0.3) is 0 Å². The van der Waals surface area contributed by atoms with E-state index in [1.165, 1.54) is 38.5 Å². The molecule has 0 heterocycles. The van der Waals surface area contributed by atoms with Crippen LogP contribution in [0.5, 0.6) is 0 Å². The van der Waals surface area contributed by atoms with Gasteiger partial charge in [0.15, 0.2) is 0 Å². The van der Waals surface area contributed by atoms with Crippen molar-refractivity contribution in [1.82, 2.24) is 0 Å². The highest BCUT2D eigenvalue weighted by molar-refractivity contribution is 4.62. The lowest BCUT2D eigenvalue weighted by atomic mass is 9.88. The molecular formula is C10H20. The largest absolute Gasteiger partial charge is 0.0625 e. The van der Waals surface area contributed by atoms with Gasteiger partial charge in [-0.1, -0.05) is 52.4 Å². The summed E-state index contributed by atoms with van der Waals surface area (Å²) in [5, 5.41) is 0. The van der Waals surface area contributed by atoms with Crippen molar-refractivity contribution in [3.05, 3.63) is 0 Å². The maximum atomic E-state index is 2.40. The molecule has 0 aromatic rings. The molecule has 1 aliphatic carbocycles. The molecule has 0 nitrogen and oxygen atoms in total. The third kappa shape index (κ3) is 2.72. The topological polar surface area (TPSA) is 0 Å². The molecule has 1 fully saturated rings. The number of rotatable bonds is 0. The van der Waals surface area contributed by atoms with Crippen LogP contribution in [0.15, 0.2) is 0 Å². The van der Waals surface area contributed by atoms with Crippen molar-refractivity contribution >= 4 is 0 Å². The second-order valence-corrected chi connectivity index (χ2v) is 4.07. The van der Waals surface area contributed by atoms with Crippen molar-refractivity contribution in [2.24, 2.45) is 11.8 Å². The molecule has 0 bridgehead atoms. The molecule has 0 aromatic carbocycles. The van der Waals surface area contributed by atoms with E-state index in [1.54, 1.807) is 0 Å². The molecule has 60 valence electrons. The average Bonchev–Trinajstić information content (AvgIpc) is 1.84. The van der Waals surface area contributed by atoms with E-state index in [9.17, 15) is 0 Å². The van der Waals surface area contributed by atoms with Crippen molar-refractivity contribution in [3.63, 3.8) is 0 Å². The molecule has 0 atom stereocenters. The van der Waals surface area contributed by atoms with Crippen molar-refractivity contribution in [3.8, 4) is 0 Å². The zero-order valence-corrected chi connectivity index (χ0v) is 7.40. The molecular weight excluding hydrogens is 120 g/mol. The molecule has 0 heteroatoms. The lowest BCUT2D eigenvalue weighted by molar-refractivity contribution is 0.346. The summed E-state index contributed by atoms with van der Waals surface area (Å²) in [6, 6.07) is 0. The van der Waals surface area contributed by atoms with E-state index in [4.69, 9.17) is 0 Å². The molecule has 1 saturated carbocycles. The van der Waals surface area contributed by atoms with Crippen LogP contribution in [0, 0.1) is 11.8 Å². The van der Waals surface area contributed by atoms with Gasteiger partial charge in [-0.3, -0.25) is 0 Å². The molecule has 1 aliphatic rings. The summed E-state index contributed by atoms with van der Waals surface area (Å²) < 4.78 is 0. The highest BCUT2D eigenvalue weighted by atomic mass is 14.2. The normalized spacial score (nSPS) is 36.6. The summed E-state index contributed by atoms with van der Waals surface area (Å²) in [5.74, 6) is 2.01. The van der Waals surface area contributed by atoms with Gasteiger partial charge in [-0.2, -0.15) is 0 Å². The Bertz CT molecular complexity index is 66.0. The second kappa shape index (κ2) is 4.00. The Labute approximate surface area is 65.0 Å². The second-order valence-electron chi connectivity index (χ2n) is 4.07. The first-order valence-electron chi connectivity index (χ1n) is 4.79. The van der Waals surface area contributed by atoms with E-state index < -0.39 is 0 Å². The Hall–Kier alpha value is 0. The molecule has 0 aromatic heterocycles. The first kappa shape index (κ1) is 8.10. The standard InChI is InChI=1S/C10H20/c1-9-5-3-7-10(2)8-4-6-9/h9-10H,3-8H2,1-2H3. The van der Waals surface area contributed by atoms with Crippen molar-refractivity contribution < 1.29 is 0 Å². The maximum absolute atomic E-state index is 2.40. The van der Waals surface area contributed by atoms with E-state index >= 15 is 0 Å². The first-order chi connectivity index (χ1) is 4.79. The van der Waals surface area contributed by atoms with Crippen molar-refractivity contribution in [2.75, 3.05) is 0 Å². The first-order valence-corrected chi connectivity index (χ1v) is 4.79. The van der Waals surface area contributed by atoms with Crippen LogP contribution < -0.4 is 0 Å². The minimum atomic E-state index is 1.01. The van der Waals surface area contributed by atoms with Gasteiger partial charge < -0.3 is 0 Å². The van der Waals surface area contributed by atoms with Gasteiger partial charge in [-0.15, -0.1) is 0 Å². The predicted molar refractivity (Wildman–Crippen MR) is 46.0 cm³/mol. The van der Waals surface area contributed by atoms with E-state index in [2.05, 4.69) is 13.8 Å². The minimum absolute atomic E-state index is 1.01. The molecule has 0 aliphatic heterocycles. The SMILES string of the molecule is CC1CCCC(C)CCC1. The summed E-state index contributed by atoms with van der Waals surface area (Å²) in [4.78, 5) is 0. The molecule has 0 N–H and O–H groups in total. The molecule has 0 unspecified atom stereocenters. The smallest absolute Gasteiger partial charge is 0.0443 e. The molecule has 0 amide bonds. The fraction of sp³-hybridized carbons (Fsp3) is 1.00. The van der Waals surface area contributed by atoms with Crippen LogP contribution in [0.3, 0.4) is 0 Å². The summed E-state index contributed by atoms with van der Waals surface area (Å²) in [6.45, 7) is 4.80. The average molecular weight is 140 g/mol. The van der Waals surface area contributed by atoms with E-state index in [0.29, 0.717) is 0 Å². The van der Waals surface area contributed by atoms with Gasteiger partial charge in [-0.25, -0.2) is 0 Å². The van der Waals surface area contributed by atoms with Crippen LogP contribution in [0.4, 0.5) is 0 Å². The van der Waals surface area contributed by atoms with Crippen LogP contribution in [-0.4, -0.2) is 0 Å². The fourth-order valence-corrected chi connectivity index (χ4v) is 1.92. The lowest BCUT2D eigenvalue weighted by Crippen LogP contribution is -2.04. The summed E-state index contributed by atoms with van der Waals surface area (Å²) in [6.07, 6.45) is 8.86. The van der Waals surface area contributed by atoms with Gasteiger partial charge >= 0.3 is 0 Å². The van der Waals surface area contributed by atoms with Gasteiger partial charge in [0, 0.05) is 0 Å². The van der Waals surface area contributed by atoms with Crippen LogP contribution in [0.1, 0.15) is 52.4 Å². The van der Waals surface area contributed by atoms with Gasteiger partial charge in [0.1, 0.15) is 0 Å². The van der Waals surface area contributed by atoms with E-state index in [-0.39, 0.29) is 0 Å². The highest BCUT2D eigenvalue weighted by Gasteiger charge is 2.09. The van der Waals surface area contributed by atoms with Crippen molar-refractivity contribution in [2.45, 2.75) is 52.4 Å². The Morgan fingerprint density at radius 3 is 1.30 bits per heavy atom. The molecule has 0 spiro atoms. The third-order valence-electron chi connectivity index (χ3n) is 2.79. The number of hydrogen-bond acceptors (Lipinski definition) is 0. The quantitative estimate of drug-likeness (QED) is 0.482. The molecule has 1 rings (SSSR count). The number of hydrogen-bond donors (Lipinski definition) is 0. The van der Waals surface area contributed by atoms with Gasteiger partial charge in [-0.05, 0) is 11.8 Å². The predicted octanol–water partition coefficient (Wildman–Crippen LogP) is 3.61. The Morgan fingerprint density at radius 1 is 0.700 bits per heavy atom. The summed E-state index contributed by atoms with van der Waals surface area (Å²) >= 11 is 0. The molecule has 10 heavy (non-hydrogen) atoms. The Balaban J connectivity index is 2.21. The Kier molecular flexibility index (Phi) is 3.24. The van der Waals surface area contributed by atoms with E-state index in [1.807, 2.05) is 0 Å². The van der Waals surface area contributed by atoms with Gasteiger partial charge in [0.05, 0.1) is 0 Å².